The minimum absolute atomic E-state index is 0.446. The fourth-order valence-corrected chi connectivity index (χ4v) is 3.71. The maximum Gasteiger partial charge on any atom is 0.0302 e. The summed E-state index contributed by atoms with van der Waals surface area (Å²) in [5.41, 5.74) is 5.78. The SMILES string of the molecule is CC1(C)SCC1NC1CCCC1CN. The summed E-state index contributed by atoms with van der Waals surface area (Å²) in [4.78, 5) is 0. The zero-order valence-corrected chi connectivity index (χ0v) is 10.1. The van der Waals surface area contributed by atoms with Crippen molar-refractivity contribution in [1.29, 1.82) is 0 Å². The first-order valence-electron chi connectivity index (χ1n) is 5.73. The molecule has 2 fully saturated rings. The third-order valence-electron chi connectivity index (χ3n) is 3.84. The summed E-state index contributed by atoms with van der Waals surface area (Å²) in [7, 11) is 0. The maximum absolute atomic E-state index is 5.78. The van der Waals surface area contributed by atoms with Crippen LogP contribution in [0.3, 0.4) is 0 Å². The molecular weight excluding hydrogens is 192 g/mol. The van der Waals surface area contributed by atoms with E-state index >= 15 is 0 Å². The van der Waals surface area contributed by atoms with Gasteiger partial charge in [-0.3, -0.25) is 0 Å². The van der Waals surface area contributed by atoms with Gasteiger partial charge in [0.2, 0.25) is 0 Å². The summed E-state index contributed by atoms with van der Waals surface area (Å²) >= 11 is 2.07. The third-order valence-corrected chi connectivity index (χ3v) is 5.37. The summed E-state index contributed by atoms with van der Waals surface area (Å²) in [6, 6.07) is 1.41. The first-order chi connectivity index (χ1) is 6.63. The normalized spacial score (nSPS) is 40.9. The van der Waals surface area contributed by atoms with Crippen LogP contribution in [0.2, 0.25) is 0 Å². The first-order valence-corrected chi connectivity index (χ1v) is 6.72. The van der Waals surface area contributed by atoms with Crippen LogP contribution in [-0.2, 0) is 0 Å². The van der Waals surface area contributed by atoms with Crippen LogP contribution in [0.1, 0.15) is 33.1 Å². The van der Waals surface area contributed by atoms with Crippen LogP contribution < -0.4 is 11.1 Å². The van der Waals surface area contributed by atoms with Crippen LogP contribution >= 0.6 is 11.8 Å². The molecule has 1 heterocycles. The van der Waals surface area contributed by atoms with Crippen molar-refractivity contribution in [3.05, 3.63) is 0 Å². The van der Waals surface area contributed by atoms with Gasteiger partial charge in [0.25, 0.3) is 0 Å². The van der Waals surface area contributed by atoms with Gasteiger partial charge in [-0.15, -0.1) is 0 Å². The fraction of sp³-hybridized carbons (Fsp3) is 1.00. The Morgan fingerprint density at radius 1 is 1.43 bits per heavy atom. The lowest BCUT2D eigenvalue weighted by Crippen LogP contribution is -2.58. The van der Waals surface area contributed by atoms with E-state index in [0.717, 1.165) is 12.5 Å². The number of nitrogens with one attached hydrogen (secondary N) is 1. The van der Waals surface area contributed by atoms with E-state index in [0.29, 0.717) is 16.8 Å². The Labute approximate surface area is 91.4 Å². The van der Waals surface area contributed by atoms with Gasteiger partial charge in [0, 0.05) is 22.6 Å². The van der Waals surface area contributed by atoms with Crippen molar-refractivity contribution in [2.45, 2.75) is 49.9 Å². The standard InChI is InChI=1S/C11H22N2S/c1-11(2)10(7-14-11)13-9-5-3-4-8(9)6-12/h8-10,13H,3-7,12H2,1-2H3. The van der Waals surface area contributed by atoms with Crippen molar-refractivity contribution >= 4 is 11.8 Å². The monoisotopic (exact) mass is 214 g/mol. The molecule has 2 rings (SSSR count). The minimum Gasteiger partial charge on any atom is -0.330 e. The number of rotatable bonds is 3. The third kappa shape index (κ3) is 1.95. The van der Waals surface area contributed by atoms with Crippen molar-refractivity contribution in [3.8, 4) is 0 Å². The van der Waals surface area contributed by atoms with E-state index in [-0.39, 0.29) is 0 Å². The lowest BCUT2D eigenvalue weighted by molar-refractivity contribution is 0.330. The van der Waals surface area contributed by atoms with Crippen LogP contribution in [0, 0.1) is 5.92 Å². The topological polar surface area (TPSA) is 38.0 Å². The summed E-state index contributed by atoms with van der Waals surface area (Å²) in [5, 5.41) is 3.81. The van der Waals surface area contributed by atoms with Gasteiger partial charge in [0.15, 0.2) is 0 Å². The zero-order valence-electron chi connectivity index (χ0n) is 9.25. The Balaban J connectivity index is 1.85. The summed E-state index contributed by atoms with van der Waals surface area (Å²) in [5.74, 6) is 2.01. The van der Waals surface area contributed by atoms with Gasteiger partial charge in [-0.25, -0.2) is 0 Å². The number of hydrogen-bond donors (Lipinski definition) is 2. The van der Waals surface area contributed by atoms with Crippen LogP contribution in [0.4, 0.5) is 0 Å². The molecule has 1 aliphatic heterocycles. The van der Waals surface area contributed by atoms with Crippen molar-refractivity contribution in [2.24, 2.45) is 11.7 Å². The molecule has 14 heavy (non-hydrogen) atoms. The molecule has 0 spiro atoms. The van der Waals surface area contributed by atoms with Crippen molar-refractivity contribution in [2.75, 3.05) is 12.3 Å². The van der Waals surface area contributed by atoms with Crippen LogP contribution in [0.15, 0.2) is 0 Å². The molecule has 1 saturated heterocycles. The molecule has 2 nitrogen and oxygen atoms in total. The fourth-order valence-electron chi connectivity index (χ4n) is 2.55. The molecular formula is C11H22N2S. The molecule has 3 heteroatoms. The van der Waals surface area contributed by atoms with E-state index in [9.17, 15) is 0 Å². The van der Waals surface area contributed by atoms with Crippen molar-refractivity contribution in [3.63, 3.8) is 0 Å². The quantitative estimate of drug-likeness (QED) is 0.749. The average molecular weight is 214 g/mol. The lowest BCUT2D eigenvalue weighted by Gasteiger charge is -2.46. The summed E-state index contributed by atoms with van der Waals surface area (Å²) in [6.45, 7) is 5.54. The molecule has 0 aromatic heterocycles. The van der Waals surface area contributed by atoms with Gasteiger partial charge in [-0.2, -0.15) is 11.8 Å². The highest BCUT2D eigenvalue weighted by molar-refractivity contribution is 8.02. The predicted octanol–water partition coefficient (Wildman–Crippen LogP) is 1.60. The van der Waals surface area contributed by atoms with Gasteiger partial charge in [-0.1, -0.05) is 6.42 Å². The molecule has 1 aliphatic carbocycles. The molecule has 3 N–H and O–H groups in total. The summed E-state index contributed by atoms with van der Waals surface area (Å²) < 4.78 is 0.446. The second-order valence-corrected chi connectivity index (χ2v) is 6.84. The minimum atomic E-state index is 0.446. The van der Waals surface area contributed by atoms with Crippen molar-refractivity contribution < 1.29 is 0 Å². The van der Waals surface area contributed by atoms with Gasteiger partial charge in [-0.05, 0) is 39.2 Å². The molecule has 0 bridgehead atoms. The second-order valence-electron chi connectivity index (χ2n) is 5.17. The molecule has 0 aromatic carbocycles. The van der Waals surface area contributed by atoms with Crippen molar-refractivity contribution in [1.82, 2.24) is 5.32 Å². The van der Waals surface area contributed by atoms with E-state index in [2.05, 4.69) is 30.9 Å². The van der Waals surface area contributed by atoms with E-state index < -0.39 is 0 Å². The smallest absolute Gasteiger partial charge is 0.0302 e. The average Bonchev–Trinajstić information content (AvgIpc) is 2.59. The Kier molecular flexibility index (Phi) is 3.10. The predicted molar refractivity (Wildman–Crippen MR) is 63.6 cm³/mol. The molecule has 0 amide bonds. The Hall–Kier alpha value is 0.270. The molecule has 3 unspecified atom stereocenters. The van der Waals surface area contributed by atoms with Crippen LogP contribution in [0.5, 0.6) is 0 Å². The molecule has 1 saturated carbocycles. The Morgan fingerprint density at radius 3 is 2.71 bits per heavy atom. The largest absolute Gasteiger partial charge is 0.330 e. The first kappa shape index (κ1) is 10.8. The maximum atomic E-state index is 5.78. The Bertz CT molecular complexity index is 205. The van der Waals surface area contributed by atoms with E-state index in [4.69, 9.17) is 5.73 Å². The van der Waals surface area contributed by atoms with Gasteiger partial charge in [0.1, 0.15) is 0 Å². The highest BCUT2D eigenvalue weighted by atomic mass is 32.2. The molecule has 0 radical (unpaired) electrons. The molecule has 2 aliphatic rings. The van der Waals surface area contributed by atoms with E-state index in [1.54, 1.807) is 0 Å². The molecule has 82 valence electrons. The van der Waals surface area contributed by atoms with Gasteiger partial charge >= 0.3 is 0 Å². The van der Waals surface area contributed by atoms with E-state index in [1.165, 1.54) is 25.0 Å². The number of thioether (sulfide) groups is 1. The Morgan fingerprint density at radius 2 is 2.21 bits per heavy atom. The lowest BCUT2D eigenvalue weighted by atomic mass is 9.98. The highest BCUT2D eigenvalue weighted by Gasteiger charge is 2.41. The van der Waals surface area contributed by atoms with Crippen LogP contribution in [0.25, 0.3) is 0 Å². The van der Waals surface area contributed by atoms with E-state index in [1.807, 2.05) is 0 Å². The van der Waals surface area contributed by atoms with Gasteiger partial charge < -0.3 is 11.1 Å². The highest BCUT2D eigenvalue weighted by Crippen LogP contribution is 2.41. The second kappa shape index (κ2) is 4.03. The number of hydrogen-bond acceptors (Lipinski definition) is 3. The molecule has 0 aromatic rings. The molecule has 3 atom stereocenters. The zero-order chi connectivity index (χ0) is 10.2. The summed E-state index contributed by atoms with van der Waals surface area (Å²) in [6.07, 6.45) is 4.02. The van der Waals surface area contributed by atoms with Gasteiger partial charge in [0.05, 0.1) is 0 Å². The number of nitrogens with two attached hydrogens (primary N) is 1. The van der Waals surface area contributed by atoms with Crippen LogP contribution in [-0.4, -0.2) is 29.1 Å².